The van der Waals surface area contributed by atoms with Gasteiger partial charge in [0.15, 0.2) is 17.5 Å². The van der Waals surface area contributed by atoms with Gasteiger partial charge in [0.2, 0.25) is 0 Å². The molecule has 0 unspecified atom stereocenters. The van der Waals surface area contributed by atoms with Crippen LogP contribution in [0.2, 0.25) is 0 Å². The van der Waals surface area contributed by atoms with Gasteiger partial charge in [-0.05, 0) is 65.0 Å². The van der Waals surface area contributed by atoms with Crippen molar-refractivity contribution in [1.82, 2.24) is 24.1 Å². The predicted octanol–water partition coefficient (Wildman–Crippen LogP) is 11.8. The maximum Gasteiger partial charge on any atom is 0.164 e. The Morgan fingerprint density at radius 3 is 1.65 bits per heavy atom. The molecule has 5 nitrogen and oxygen atoms in total. The highest BCUT2D eigenvalue weighted by Gasteiger charge is 2.37. The van der Waals surface area contributed by atoms with E-state index in [1.165, 1.54) is 59.7 Å². The lowest BCUT2D eigenvalue weighted by molar-refractivity contribution is 0.634. The van der Waals surface area contributed by atoms with E-state index in [-0.39, 0.29) is 5.41 Å². The Morgan fingerprint density at radius 1 is 0.462 bits per heavy atom. The first kappa shape index (κ1) is 29.4. The standard InChI is InChI=1S/C46H31N5S/c1-46(2)36-23-24-52-45(36)51-40-22-21-30(44-48-42(28-13-5-3-6-14-28)47-43(49-44)29-15-7-4-8-16-29)25-34(40)35-26-31(27-37(46)41(35)51)50-38-19-11-9-17-32(38)33-18-10-12-20-39(33)50/h3-27H,1-2H3. The maximum atomic E-state index is 5.09. The summed E-state index contributed by atoms with van der Waals surface area (Å²) < 4.78 is 4.93. The third kappa shape index (κ3) is 4.13. The molecule has 0 amide bonds. The molecular weight excluding hydrogens is 655 g/mol. The van der Waals surface area contributed by atoms with E-state index in [4.69, 9.17) is 15.0 Å². The Balaban J connectivity index is 1.22. The van der Waals surface area contributed by atoms with Crippen molar-refractivity contribution in [3.05, 3.63) is 162 Å². The van der Waals surface area contributed by atoms with Crippen LogP contribution in [0.1, 0.15) is 25.0 Å². The van der Waals surface area contributed by atoms with Crippen molar-refractivity contribution in [1.29, 1.82) is 0 Å². The summed E-state index contributed by atoms with van der Waals surface area (Å²) in [7, 11) is 0. The Hall–Kier alpha value is -6.37. The largest absolute Gasteiger partial charge is 0.309 e. The molecule has 1 aliphatic rings. The van der Waals surface area contributed by atoms with E-state index in [2.05, 4.69) is 138 Å². The number of hydrogen-bond acceptors (Lipinski definition) is 4. The minimum atomic E-state index is -0.195. The maximum absolute atomic E-state index is 5.09. The zero-order valence-electron chi connectivity index (χ0n) is 28.6. The minimum Gasteiger partial charge on any atom is -0.309 e. The lowest BCUT2D eigenvalue weighted by Crippen LogP contribution is -2.25. The van der Waals surface area contributed by atoms with Gasteiger partial charge in [-0.25, -0.2) is 15.0 Å². The van der Waals surface area contributed by atoms with Crippen LogP contribution in [0.15, 0.2) is 151 Å². The van der Waals surface area contributed by atoms with E-state index < -0.39 is 0 Å². The topological polar surface area (TPSA) is 48.5 Å². The number of rotatable bonds is 4. The first-order valence-corrected chi connectivity index (χ1v) is 18.5. The zero-order chi connectivity index (χ0) is 34.6. The van der Waals surface area contributed by atoms with Gasteiger partial charge in [0, 0.05) is 49.3 Å². The molecule has 0 spiro atoms. The molecular formula is C46H31N5S. The molecule has 0 bridgehead atoms. The van der Waals surface area contributed by atoms with Gasteiger partial charge in [-0.1, -0.05) is 111 Å². The van der Waals surface area contributed by atoms with Crippen molar-refractivity contribution >= 4 is 54.9 Å². The molecule has 0 N–H and O–H groups in total. The number of hydrogen-bond donors (Lipinski definition) is 0. The lowest BCUT2D eigenvalue weighted by Gasteiger charge is -2.33. The molecule has 11 rings (SSSR count). The molecule has 0 atom stereocenters. The summed E-state index contributed by atoms with van der Waals surface area (Å²) in [6, 6.07) is 51.7. The fourth-order valence-corrected chi connectivity index (χ4v) is 9.40. The van der Waals surface area contributed by atoms with Crippen LogP contribution in [0.4, 0.5) is 0 Å². The SMILES string of the molecule is CC1(C)c2ccsc2-n2c3ccc(-c4nc(-c5ccccc5)nc(-c5ccccc5)n4)cc3c3cc(-n4c5ccccc5c5ccccc54)cc1c32. The second-order valence-corrected chi connectivity index (χ2v) is 15.0. The van der Waals surface area contributed by atoms with Crippen molar-refractivity contribution in [3.63, 3.8) is 0 Å². The molecule has 6 aromatic carbocycles. The molecule has 0 aliphatic carbocycles. The van der Waals surface area contributed by atoms with Gasteiger partial charge in [0.25, 0.3) is 0 Å². The predicted molar refractivity (Wildman–Crippen MR) is 215 cm³/mol. The molecule has 0 radical (unpaired) electrons. The van der Waals surface area contributed by atoms with Crippen LogP contribution in [0.5, 0.6) is 0 Å². The van der Waals surface area contributed by atoms with Gasteiger partial charge in [-0.15, -0.1) is 11.3 Å². The van der Waals surface area contributed by atoms with Crippen LogP contribution in [0, 0.1) is 0 Å². The summed E-state index contributed by atoms with van der Waals surface area (Å²) in [5.41, 5.74) is 11.4. The first-order valence-electron chi connectivity index (χ1n) is 17.6. The van der Waals surface area contributed by atoms with Crippen molar-refractivity contribution in [2.24, 2.45) is 0 Å². The molecule has 246 valence electrons. The number of aromatic nitrogens is 5. The molecule has 1 aliphatic heterocycles. The van der Waals surface area contributed by atoms with Crippen molar-refractivity contribution in [2.75, 3.05) is 0 Å². The van der Waals surface area contributed by atoms with E-state index in [0.717, 1.165) is 22.4 Å². The highest BCUT2D eigenvalue weighted by Crippen LogP contribution is 2.51. The molecule has 5 heterocycles. The number of fused-ring (bicyclic) bond motifs is 8. The van der Waals surface area contributed by atoms with E-state index in [9.17, 15) is 0 Å². The smallest absolute Gasteiger partial charge is 0.164 e. The molecule has 52 heavy (non-hydrogen) atoms. The quantitative estimate of drug-likeness (QED) is 0.185. The summed E-state index contributed by atoms with van der Waals surface area (Å²) in [5, 5.41) is 8.44. The number of thiophene rings is 1. The van der Waals surface area contributed by atoms with Crippen LogP contribution >= 0.6 is 11.3 Å². The average Bonchev–Trinajstić information content (AvgIpc) is 3.91. The van der Waals surface area contributed by atoms with E-state index >= 15 is 0 Å². The van der Waals surface area contributed by atoms with Gasteiger partial charge in [0.05, 0.1) is 22.1 Å². The lowest BCUT2D eigenvalue weighted by atomic mass is 9.76. The molecule has 4 aromatic heterocycles. The second-order valence-electron chi connectivity index (χ2n) is 14.1. The Labute approximate surface area is 304 Å². The second kappa shape index (κ2) is 10.8. The minimum absolute atomic E-state index is 0.195. The Morgan fingerprint density at radius 2 is 1.02 bits per heavy atom. The average molecular weight is 686 g/mol. The first-order chi connectivity index (χ1) is 25.5. The zero-order valence-corrected chi connectivity index (χ0v) is 29.4. The number of para-hydroxylation sites is 2. The summed E-state index contributed by atoms with van der Waals surface area (Å²) in [6.45, 7) is 4.74. The van der Waals surface area contributed by atoms with Crippen LogP contribution in [0.3, 0.4) is 0 Å². The molecule has 6 heteroatoms. The Bertz CT molecular complexity index is 2930. The monoisotopic (exact) mass is 685 g/mol. The summed E-state index contributed by atoms with van der Waals surface area (Å²) in [6.07, 6.45) is 0. The number of benzene rings is 6. The van der Waals surface area contributed by atoms with Crippen LogP contribution in [0.25, 0.3) is 88.5 Å². The number of nitrogens with zero attached hydrogens (tertiary/aromatic N) is 5. The third-order valence-electron chi connectivity index (χ3n) is 10.8. The van der Waals surface area contributed by atoms with E-state index in [1.54, 1.807) is 0 Å². The van der Waals surface area contributed by atoms with Crippen LogP contribution < -0.4 is 0 Å². The van der Waals surface area contributed by atoms with Gasteiger partial charge < -0.3 is 9.13 Å². The van der Waals surface area contributed by atoms with E-state index in [1.807, 2.05) is 47.7 Å². The van der Waals surface area contributed by atoms with Gasteiger partial charge in [-0.3, -0.25) is 0 Å². The van der Waals surface area contributed by atoms with Crippen molar-refractivity contribution in [2.45, 2.75) is 19.3 Å². The van der Waals surface area contributed by atoms with Gasteiger partial charge >= 0.3 is 0 Å². The summed E-state index contributed by atoms with van der Waals surface area (Å²) in [4.78, 5) is 15.1. The van der Waals surface area contributed by atoms with Gasteiger partial charge in [-0.2, -0.15) is 0 Å². The Kier molecular flexibility index (Phi) is 6.11. The normalized spacial score (nSPS) is 13.3. The highest BCUT2D eigenvalue weighted by molar-refractivity contribution is 7.12. The third-order valence-corrected chi connectivity index (χ3v) is 11.7. The van der Waals surface area contributed by atoms with Gasteiger partial charge in [0.1, 0.15) is 5.00 Å². The van der Waals surface area contributed by atoms with Crippen LogP contribution in [-0.2, 0) is 5.41 Å². The van der Waals surface area contributed by atoms with E-state index in [0.29, 0.717) is 17.5 Å². The molecule has 0 saturated heterocycles. The molecule has 0 fully saturated rings. The summed E-state index contributed by atoms with van der Waals surface area (Å²) in [5.74, 6) is 1.97. The van der Waals surface area contributed by atoms with Crippen molar-refractivity contribution in [3.8, 4) is 44.9 Å². The fraction of sp³-hybridized carbons (Fsp3) is 0.0652. The summed E-state index contributed by atoms with van der Waals surface area (Å²) >= 11 is 1.81. The highest BCUT2D eigenvalue weighted by atomic mass is 32.1. The fourth-order valence-electron chi connectivity index (χ4n) is 8.32. The van der Waals surface area contributed by atoms with Crippen LogP contribution in [-0.4, -0.2) is 24.1 Å². The van der Waals surface area contributed by atoms with Crippen molar-refractivity contribution < 1.29 is 0 Å². The molecule has 10 aromatic rings. The molecule has 0 saturated carbocycles.